The lowest BCUT2D eigenvalue weighted by molar-refractivity contribution is -0.141. The Morgan fingerprint density at radius 2 is 2.00 bits per heavy atom. The molecule has 0 radical (unpaired) electrons. The van der Waals surface area contributed by atoms with Gasteiger partial charge in [0.1, 0.15) is 5.78 Å². The summed E-state index contributed by atoms with van der Waals surface area (Å²) in [5, 5.41) is 0. The van der Waals surface area contributed by atoms with Gasteiger partial charge in [-0.15, -0.1) is 0 Å². The fourth-order valence-electron chi connectivity index (χ4n) is 2.94. The van der Waals surface area contributed by atoms with E-state index in [1.165, 1.54) is 6.42 Å². The lowest BCUT2D eigenvalue weighted by atomic mass is 9.53. The van der Waals surface area contributed by atoms with Gasteiger partial charge in [-0.25, -0.2) is 0 Å². The number of carbonyl (C=O) groups excluding carboxylic acids is 1. The molecule has 4 unspecified atom stereocenters. The van der Waals surface area contributed by atoms with Gasteiger partial charge in [-0.05, 0) is 30.6 Å². The minimum atomic E-state index is 0.457. The molecule has 0 aliphatic heterocycles. The van der Waals surface area contributed by atoms with Gasteiger partial charge < -0.3 is 0 Å². The van der Waals surface area contributed by atoms with Crippen LogP contribution < -0.4 is 0 Å². The van der Waals surface area contributed by atoms with E-state index in [-0.39, 0.29) is 0 Å². The summed E-state index contributed by atoms with van der Waals surface area (Å²) in [6.07, 6.45) is 3.32. The smallest absolute Gasteiger partial charge is 0.136 e. The standard InChI is InChI=1S/C10H16O/c1-6-7(2)10-8(6)4-3-5-9(10)11/h6-8,10H,3-5H2,1-2H3. The van der Waals surface area contributed by atoms with Crippen molar-refractivity contribution in [1.82, 2.24) is 0 Å². The fraction of sp³-hybridized carbons (Fsp3) is 0.900. The summed E-state index contributed by atoms with van der Waals surface area (Å²) in [5.41, 5.74) is 0. The van der Waals surface area contributed by atoms with Crippen LogP contribution in [0.2, 0.25) is 0 Å². The highest BCUT2D eigenvalue weighted by Gasteiger charge is 2.49. The van der Waals surface area contributed by atoms with Crippen LogP contribution in [0.5, 0.6) is 0 Å². The zero-order valence-electron chi connectivity index (χ0n) is 7.34. The van der Waals surface area contributed by atoms with Crippen LogP contribution in [0.25, 0.3) is 0 Å². The second-order valence-corrected chi connectivity index (χ2v) is 4.27. The van der Waals surface area contributed by atoms with Crippen molar-refractivity contribution >= 4 is 5.78 Å². The van der Waals surface area contributed by atoms with Crippen LogP contribution in [0.15, 0.2) is 0 Å². The molecular weight excluding hydrogens is 136 g/mol. The molecule has 2 fully saturated rings. The highest BCUT2D eigenvalue weighted by molar-refractivity contribution is 5.83. The van der Waals surface area contributed by atoms with Crippen molar-refractivity contribution in [2.75, 3.05) is 0 Å². The second kappa shape index (κ2) is 2.33. The van der Waals surface area contributed by atoms with Crippen LogP contribution in [0.1, 0.15) is 33.1 Å². The average molecular weight is 152 g/mol. The molecule has 0 spiro atoms. The molecule has 1 heteroatoms. The summed E-state index contributed by atoms with van der Waals surface area (Å²) >= 11 is 0. The maximum Gasteiger partial charge on any atom is 0.136 e. The Kier molecular flexibility index (Phi) is 1.55. The highest BCUT2D eigenvalue weighted by atomic mass is 16.1. The van der Waals surface area contributed by atoms with Gasteiger partial charge in [-0.1, -0.05) is 13.8 Å². The molecule has 0 aromatic rings. The number of fused-ring (bicyclic) bond motifs is 1. The second-order valence-electron chi connectivity index (χ2n) is 4.27. The highest BCUT2D eigenvalue weighted by Crippen LogP contribution is 2.51. The van der Waals surface area contributed by atoms with Crippen molar-refractivity contribution in [3.05, 3.63) is 0 Å². The average Bonchev–Trinajstić information content (AvgIpc) is 2.03. The Morgan fingerprint density at radius 3 is 2.64 bits per heavy atom. The summed E-state index contributed by atoms with van der Waals surface area (Å²) < 4.78 is 0. The minimum Gasteiger partial charge on any atom is -0.299 e. The van der Waals surface area contributed by atoms with Crippen molar-refractivity contribution in [1.29, 1.82) is 0 Å². The number of ketones is 1. The summed E-state index contributed by atoms with van der Waals surface area (Å²) in [4.78, 5) is 11.4. The van der Waals surface area contributed by atoms with Crippen molar-refractivity contribution in [3.8, 4) is 0 Å². The number of Topliss-reactive ketones (excluding diaryl/α,β-unsaturated/α-hetero) is 1. The summed E-state index contributed by atoms with van der Waals surface area (Å²) in [6, 6.07) is 0. The van der Waals surface area contributed by atoms with Gasteiger partial charge in [-0.2, -0.15) is 0 Å². The van der Waals surface area contributed by atoms with E-state index < -0.39 is 0 Å². The molecular formula is C10H16O. The van der Waals surface area contributed by atoms with Gasteiger partial charge in [0, 0.05) is 12.3 Å². The van der Waals surface area contributed by atoms with Crippen molar-refractivity contribution in [2.45, 2.75) is 33.1 Å². The van der Waals surface area contributed by atoms with Crippen LogP contribution in [0.4, 0.5) is 0 Å². The van der Waals surface area contributed by atoms with Crippen LogP contribution in [0.3, 0.4) is 0 Å². The zero-order chi connectivity index (χ0) is 8.01. The Hall–Kier alpha value is -0.330. The van der Waals surface area contributed by atoms with Gasteiger partial charge in [0.2, 0.25) is 0 Å². The maximum absolute atomic E-state index is 11.4. The number of carbonyl (C=O) groups is 1. The van der Waals surface area contributed by atoms with Crippen molar-refractivity contribution in [2.24, 2.45) is 23.7 Å². The van der Waals surface area contributed by atoms with Crippen LogP contribution in [-0.2, 0) is 4.79 Å². The zero-order valence-corrected chi connectivity index (χ0v) is 7.34. The molecule has 0 heterocycles. The first-order valence-electron chi connectivity index (χ1n) is 4.74. The van der Waals surface area contributed by atoms with E-state index in [0.29, 0.717) is 17.6 Å². The first-order chi connectivity index (χ1) is 5.22. The van der Waals surface area contributed by atoms with Crippen LogP contribution in [0, 0.1) is 23.7 Å². The Labute approximate surface area is 68.2 Å². The molecule has 0 bridgehead atoms. The summed E-state index contributed by atoms with van der Waals surface area (Å²) in [5.74, 6) is 3.24. The normalized spacial score (nSPS) is 49.8. The first-order valence-corrected chi connectivity index (χ1v) is 4.74. The molecule has 0 N–H and O–H groups in total. The fourth-order valence-corrected chi connectivity index (χ4v) is 2.94. The monoisotopic (exact) mass is 152 g/mol. The van der Waals surface area contributed by atoms with Gasteiger partial charge in [0.15, 0.2) is 0 Å². The lowest BCUT2D eigenvalue weighted by Gasteiger charge is -2.51. The van der Waals surface area contributed by atoms with Crippen LogP contribution >= 0.6 is 0 Å². The van der Waals surface area contributed by atoms with E-state index in [1.807, 2.05) is 0 Å². The number of hydrogen-bond donors (Lipinski definition) is 0. The van der Waals surface area contributed by atoms with Crippen LogP contribution in [-0.4, -0.2) is 5.78 Å². The molecule has 0 amide bonds. The molecule has 4 atom stereocenters. The van der Waals surface area contributed by atoms with E-state index in [2.05, 4.69) is 13.8 Å². The van der Waals surface area contributed by atoms with Crippen molar-refractivity contribution in [3.63, 3.8) is 0 Å². The van der Waals surface area contributed by atoms with Gasteiger partial charge in [-0.3, -0.25) is 4.79 Å². The molecule has 2 aliphatic carbocycles. The van der Waals surface area contributed by atoms with E-state index in [1.54, 1.807) is 0 Å². The Balaban J connectivity index is 2.11. The number of hydrogen-bond acceptors (Lipinski definition) is 1. The molecule has 62 valence electrons. The third-order valence-electron chi connectivity index (χ3n) is 3.86. The topological polar surface area (TPSA) is 17.1 Å². The molecule has 0 saturated heterocycles. The Morgan fingerprint density at radius 1 is 1.27 bits per heavy atom. The summed E-state index contributed by atoms with van der Waals surface area (Å²) in [7, 11) is 0. The molecule has 0 aromatic carbocycles. The molecule has 0 aromatic heterocycles. The third kappa shape index (κ3) is 0.863. The maximum atomic E-state index is 11.4. The van der Waals surface area contributed by atoms with Gasteiger partial charge in [0.05, 0.1) is 0 Å². The molecule has 2 rings (SSSR count). The van der Waals surface area contributed by atoms with Gasteiger partial charge in [0.25, 0.3) is 0 Å². The first kappa shape index (κ1) is 7.33. The van der Waals surface area contributed by atoms with E-state index in [9.17, 15) is 4.79 Å². The molecule has 11 heavy (non-hydrogen) atoms. The third-order valence-corrected chi connectivity index (χ3v) is 3.86. The van der Waals surface area contributed by atoms with E-state index in [4.69, 9.17) is 0 Å². The summed E-state index contributed by atoms with van der Waals surface area (Å²) in [6.45, 7) is 4.53. The van der Waals surface area contributed by atoms with E-state index >= 15 is 0 Å². The SMILES string of the molecule is CC1C(C)C2C(=O)CCCC12. The van der Waals surface area contributed by atoms with Gasteiger partial charge >= 0.3 is 0 Å². The quantitative estimate of drug-likeness (QED) is 0.520. The molecule has 2 saturated carbocycles. The minimum absolute atomic E-state index is 0.457. The Bertz CT molecular complexity index is 185. The molecule has 1 nitrogen and oxygen atoms in total. The predicted molar refractivity (Wildman–Crippen MR) is 44.2 cm³/mol. The van der Waals surface area contributed by atoms with E-state index in [0.717, 1.165) is 24.7 Å². The molecule has 2 aliphatic rings. The largest absolute Gasteiger partial charge is 0.299 e. The van der Waals surface area contributed by atoms with Crippen molar-refractivity contribution < 1.29 is 4.79 Å². The predicted octanol–water partition coefficient (Wildman–Crippen LogP) is 2.26. The lowest BCUT2D eigenvalue weighted by Crippen LogP contribution is -2.50. The number of rotatable bonds is 0.